The van der Waals surface area contributed by atoms with E-state index in [-0.39, 0.29) is 5.91 Å². The maximum atomic E-state index is 12.3. The SMILES string of the molecule is COc1ccc(C(=O)Nc2ccc(Nc3cc(C)on3)nn2)cc1OC. The van der Waals surface area contributed by atoms with Crippen molar-refractivity contribution in [2.24, 2.45) is 0 Å². The molecule has 0 aliphatic heterocycles. The summed E-state index contributed by atoms with van der Waals surface area (Å²) in [5, 5.41) is 17.4. The number of nitrogens with zero attached hydrogens (tertiary/aromatic N) is 3. The van der Waals surface area contributed by atoms with Gasteiger partial charge in [-0.15, -0.1) is 10.2 Å². The molecule has 0 bridgehead atoms. The van der Waals surface area contributed by atoms with Crippen LogP contribution < -0.4 is 20.1 Å². The fourth-order valence-corrected chi connectivity index (χ4v) is 2.19. The number of aryl methyl sites for hydroxylation is 1. The van der Waals surface area contributed by atoms with E-state index in [4.69, 9.17) is 14.0 Å². The Bertz CT molecular complexity index is 908. The van der Waals surface area contributed by atoms with Gasteiger partial charge in [0.2, 0.25) is 0 Å². The average molecular weight is 355 g/mol. The van der Waals surface area contributed by atoms with E-state index in [9.17, 15) is 4.79 Å². The number of amides is 1. The van der Waals surface area contributed by atoms with Crippen molar-refractivity contribution in [2.45, 2.75) is 6.92 Å². The van der Waals surface area contributed by atoms with Crippen LogP contribution in [0.15, 0.2) is 40.9 Å². The minimum absolute atomic E-state index is 0.312. The normalized spacial score (nSPS) is 10.3. The molecule has 0 saturated carbocycles. The standard InChI is InChI=1S/C17H17N5O4/c1-10-8-16(22-26-10)18-14-6-7-15(21-20-14)19-17(23)11-4-5-12(24-2)13(9-11)25-3/h4-9H,1-3H3,(H,18,20,22)(H,19,21,23). The molecule has 0 atom stereocenters. The van der Waals surface area contributed by atoms with Crippen molar-refractivity contribution < 1.29 is 18.8 Å². The number of benzene rings is 1. The fraction of sp³-hybridized carbons (Fsp3) is 0.176. The smallest absolute Gasteiger partial charge is 0.257 e. The van der Waals surface area contributed by atoms with Crippen LogP contribution in [0.1, 0.15) is 16.1 Å². The number of hydrogen-bond donors (Lipinski definition) is 2. The number of aromatic nitrogens is 3. The number of rotatable bonds is 6. The first kappa shape index (κ1) is 17.2. The van der Waals surface area contributed by atoms with Gasteiger partial charge in [-0.1, -0.05) is 5.16 Å². The summed E-state index contributed by atoms with van der Waals surface area (Å²) in [5.41, 5.74) is 0.407. The van der Waals surface area contributed by atoms with E-state index in [2.05, 4.69) is 26.0 Å². The van der Waals surface area contributed by atoms with Gasteiger partial charge >= 0.3 is 0 Å². The lowest BCUT2D eigenvalue weighted by atomic mass is 10.2. The Kier molecular flexibility index (Phi) is 4.97. The quantitative estimate of drug-likeness (QED) is 0.694. The maximum Gasteiger partial charge on any atom is 0.257 e. The van der Waals surface area contributed by atoms with Crippen LogP contribution in [0, 0.1) is 6.92 Å². The van der Waals surface area contributed by atoms with Gasteiger partial charge in [-0.2, -0.15) is 0 Å². The summed E-state index contributed by atoms with van der Waals surface area (Å²) in [6.07, 6.45) is 0. The molecule has 0 unspecified atom stereocenters. The van der Waals surface area contributed by atoms with Crippen molar-refractivity contribution in [1.29, 1.82) is 0 Å². The van der Waals surface area contributed by atoms with E-state index in [1.165, 1.54) is 14.2 Å². The molecule has 0 fully saturated rings. The van der Waals surface area contributed by atoms with Crippen LogP contribution >= 0.6 is 0 Å². The van der Waals surface area contributed by atoms with Gasteiger partial charge in [0, 0.05) is 11.6 Å². The zero-order chi connectivity index (χ0) is 18.5. The number of carbonyl (C=O) groups excluding carboxylic acids is 1. The van der Waals surface area contributed by atoms with E-state index < -0.39 is 0 Å². The largest absolute Gasteiger partial charge is 0.493 e. The van der Waals surface area contributed by atoms with E-state index in [0.717, 1.165) is 0 Å². The zero-order valence-corrected chi connectivity index (χ0v) is 14.4. The molecule has 0 saturated heterocycles. The van der Waals surface area contributed by atoms with Gasteiger partial charge in [0.1, 0.15) is 5.76 Å². The molecule has 2 N–H and O–H groups in total. The highest BCUT2D eigenvalue weighted by Crippen LogP contribution is 2.27. The highest BCUT2D eigenvalue weighted by molar-refractivity contribution is 6.04. The third-order valence-corrected chi connectivity index (χ3v) is 3.44. The Hall–Kier alpha value is -3.62. The predicted octanol–water partition coefficient (Wildman–Crippen LogP) is 2.79. The van der Waals surface area contributed by atoms with Crippen molar-refractivity contribution in [3.63, 3.8) is 0 Å². The monoisotopic (exact) mass is 355 g/mol. The summed E-state index contributed by atoms with van der Waals surface area (Å²) >= 11 is 0. The molecule has 0 radical (unpaired) electrons. The van der Waals surface area contributed by atoms with Gasteiger partial charge in [-0.05, 0) is 37.3 Å². The molecule has 1 amide bonds. The third-order valence-electron chi connectivity index (χ3n) is 3.44. The van der Waals surface area contributed by atoms with Gasteiger partial charge in [-0.25, -0.2) is 0 Å². The highest BCUT2D eigenvalue weighted by atomic mass is 16.5. The summed E-state index contributed by atoms with van der Waals surface area (Å²) in [4.78, 5) is 12.3. The van der Waals surface area contributed by atoms with E-state index in [0.29, 0.717) is 40.3 Å². The topological polar surface area (TPSA) is 111 Å². The lowest BCUT2D eigenvalue weighted by molar-refractivity contribution is 0.102. The summed E-state index contributed by atoms with van der Waals surface area (Å²) in [7, 11) is 3.04. The lowest BCUT2D eigenvalue weighted by Crippen LogP contribution is -2.13. The summed E-state index contributed by atoms with van der Waals surface area (Å²) in [5.74, 6) is 2.66. The Morgan fingerprint density at radius 3 is 2.31 bits per heavy atom. The number of methoxy groups -OCH3 is 2. The minimum atomic E-state index is -0.340. The van der Waals surface area contributed by atoms with Crippen LogP contribution in [-0.4, -0.2) is 35.5 Å². The summed E-state index contributed by atoms with van der Waals surface area (Å²) < 4.78 is 15.3. The molecule has 1 aromatic carbocycles. The maximum absolute atomic E-state index is 12.3. The number of anilines is 3. The molecule has 9 nitrogen and oxygen atoms in total. The Morgan fingerprint density at radius 2 is 1.69 bits per heavy atom. The zero-order valence-electron chi connectivity index (χ0n) is 14.4. The van der Waals surface area contributed by atoms with E-state index in [1.807, 2.05) is 0 Å². The average Bonchev–Trinajstić information content (AvgIpc) is 3.07. The molecule has 0 spiro atoms. The van der Waals surface area contributed by atoms with Crippen LogP contribution in [0.3, 0.4) is 0 Å². The molecule has 3 aromatic rings. The molecular weight excluding hydrogens is 338 g/mol. The fourth-order valence-electron chi connectivity index (χ4n) is 2.19. The molecule has 2 aromatic heterocycles. The van der Waals surface area contributed by atoms with Crippen molar-refractivity contribution in [2.75, 3.05) is 24.9 Å². The molecular formula is C17H17N5O4. The summed E-state index contributed by atoms with van der Waals surface area (Å²) in [6.45, 7) is 1.79. The lowest BCUT2D eigenvalue weighted by Gasteiger charge is -2.09. The van der Waals surface area contributed by atoms with Crippen LogP contribution in [0.4, 0.5) is 17.5 Å². The second kappa shape index (κ2) is 7.51. The van der Waals surface area contributed by atoms with Crippen molar-refractivity contribution >= 4 is 23.4 Å². The van der Waals surface area contributed by atoms with Crippen LogP contribution in [0.2, 0.25) is 0 Å². The Balaban J connectivity index is 1.67. The molecule has 3 rings (SSSR count). The molecule has 0 aliphatic carbocycles. The molecule has 0 aliphatic rings. The van der Waals surface area contributed by atoms with E-state index >= 15 is 0 Å². The second-order valence-electron chi connectivity index (χ2n) is 5.28. The molecule has 9 heteroatoms. The Morgan fingerprint density at radius 1 is 0.962 bits per heavy atom. The minimum Gasteiger partial charge on any atom is -0.493 e. The van der Waals surface area contributed by atoms with Gasteiger partial charge in [0.05, 0.1) is 14.2 Å². The molecule has 26 heavy (non-hydrogen) atoms. The first-order valence-corrected chi connectivity index (χ1v) is 7.66. The number of carbonyl (C=O) groups is 1. The number of ether oxygens (including phenoxy) is 2. The van der Waals surface area contributed by atoms with E-state index in [1.54, 1.807) is 43.3 Å². The predicted molar refractivity (Wildman–Crippen MR) is 94.1 cm³/mol. The van der Waals surface area contributed by atoms with Gasteiger partial charge < -0.3 is 24.6 Å². The first-order chi connectivity index (χ1) is 12.6. The second-order valence-corrected chi connectivity index (χ2v) is 5.28. The van der Waals surface area contributed by atoms with Crippen molar-refractivity contribution in [3.8, 4) is 11.5 Å². The first-order valence-electron chi connectivity index (χ1n) is 7.66. The van der Waals surface area contributed by atoms with Crippen LogP contribution in [0.5, 0.6) is 11.5 Å². The summed E-state index contributed by atoms with van der Waals surface area (Å²) in [6, 6.07) is 9.90. The number of nitrogens with one attached hydrogen (secondary N) is 2. The highest BCUT2D eigenvalue weighted by Gasteiger charge is 2.12. The Labute approximate surface area is 149 Å². The van der Waals surface area contributed by atoms with Crippen molar-refractivity contribution in [3.05, 3.63) is 47.7 Å². The van der Waals surface area contributed by atoms with Crippen LogP contribution in [0.25, 0.3) is 0 Å². The molecule has 2 heterocycles. The number of hydrogen-bond acceptors (Lipinski definition) is 8. The van der Waals surface area contributed by atoms with Crippen molar-refractivity contribution in [1.82, 2.24) is 15.4 Å². The molecule has 134 valence electrons. The third kappa shape index (κ3) is 3.89. The van der Waals surface area contributed by atoms with Gasteiger partial charge in [0.15, 0.2) is 29.0 Å². The van der Waals surface area contributed by atoms with Gasteiger partial charge in [0.25, 0.3) is 5.91 Å². The van der Waals surface area contributed by atoms with Crippen LogP contribution in [-0.2, 0) is 0 Å². The van der Waals surface area contributed by atoms with Gasteiger partial charge in [-0.3, -0.25) is 4.79 Å².